The summed E-state index contributed by atoms with van der Waals surface area (Å²) in [6.07, 6.45) is -4.96. The van der Waals surface area contributed by atoms with Crippen molar-refractivity contribution >= 4 is 0 Å². The molecule has 0 saturated heterocycles. The second-order valence-corrected chi connectivity index (χ2v) is 1.29. The van der Waals surface area contributed by atoms with Gasteiger partial charge in [0.15, 0.2) is 0 Å². The molecule has 0 aromatic heterocycles. The van der Waals surface area contributed by atoms with Crippen LogP contribution in [0.15, 0.2) is 11.9 Å². The molecule has 0 unspecified atom stereocenters. The van der Waals surface area contributed by atoms with Crippen LogP contribution in [0.4, 0.5) is 17.6 Å². The lowest BCUT2D eigenvalue weighted by Crippen LogP contribution is -2.07. The molecule has 0 aliphatic heterocycles. The Morgan fingerprint density at radius 1 is 1.38 bits per heavy atom. The molecule has 0 saturated carbocycles. The van der Waals surface area contributed by atoms with Crippen molar-refractivity contribution in [2.24, 2.45) is 0 Å². The van der Waals surface area contributed by atoms with Crippen LogP contribution < -0.4 is 0 Å². The average Bonchev–Trinajstić information content (AvgIpc) is 1.62. The number of halogens is 4. The van der Waals surface area contributed by atoms with Gasteiger partial charge in [0.2, 0.25) is 0 Å². The monoisotopic (exact) mass is 128 g/mol. The van der Waals surface area contributed by atoms with Crippen LogP contribution in [0.25, 0.3) is 0 Å². The van der Waals surface area contributed by atoms with Gasteiger partial charge in [0.05, 0.1) is 11.9 Å². The van der Waals surface area contributed by atoms with Crippen molar-refractivity contribution in [2.45, 2.75) is 13.1 Å². The topological polar surface area (TPSA) is 0 Å². The summed E-state index contributed by atoms with van der Waals surface area (Å²) < 4.78 is 44.4. The summed E-state index contributed by atoms with van der Waals surface area (Å²) in [4.78, 5) is 0. The number of allylic oxidation sites excluding steroid dienone is 1. The zero-order valence-electron chi connectivity index (χ0n) is 4.09. The zero-order chi connectivity index (χ0) is 6.78. The second kappa shape index (κ2) is 2.15. The lowest BCUT2D eigenvalue weighted by atomic mass is 10.3. The maximum atomic E-state index is 11.1. The van der Waals surface area contributed by atoms with Crippen LogP contribution in [-0.2, 0) is 0 Å². The highest BCUT2D eigenvalue weighted by Gasteiger charge is 2.29. The molecule has 0 bridgehead atoms. The number of hydrogen-bond acceptors (Lipinski definition) is 0. The van der Waals surface area contributed by atoms with Crippen LogP contribution in [0.1, 0.15) is 6.92 Å². The van der Waals surface area contributed by atoms with E-state index in [1.807, 2.05) is 0 Å². The molecule has 4 heteroatoms. The molecule has 0 spiro atoms. The van der Waals surface area contributed by atoms with Gasteiger partial charge < -0.3 is 0 Å². The molecule has 0 aromatic carbocycles. The van der Waals surface area contributed by atoms with Gasteiger partial charge in [-0.2, -0.15) is 13.2 Å². The third kappa shape index (κ3) is 1.95. The lowest BCUT2D eigenvalue weighted by molar-refractivity contribution is -0.0922. The molecule has 8 heavy (non-hydrogen) atoms. The highest BCUT2D eigenvalue weighted by atomic mass is 19.4. The summed E-state index contributed by atoms with van der Waals surface area (Å²) in [5.74, 6) is 0. The molecular weight excluding hydrogens is 124 g/mol. The lowest BCUT2D eigenvalue weighted by Gasteiger charge is -2.01. The van der Waals surface area contributed by atoms with Gasteiger partial charge in [0.1, 0.15) is 0 Å². The Bertz CT molecular complexity index is 99.1. The molecule has 0 aliphatic carbocycles. The summed E-state index contributed by atoms with van der Waals surface area (Å²) in [6, 6.07) is 0. The standard InChI is InChI=1S/C4H4F4/c1-3(2-5)4(6,7)8/h2H,1H3/b3-2+. The van der Waals surface area contributed by atoms with E-state index in [1.54, 1.807) is 0 Å². The third-order valence-electron chi connectivity index (χ3n) is 0.611. The van der Waals surface area contributed by atoms with Crippen molar-refractivity contribution in [3.8, 4) is 0 Å². The highest BCUT2D eigenvalue weighted by Crippen LogP contribution is 2.24. The fourth-order valence-corrected chi connectivity index (χ4v) is 0.0619. The van der Waals surface area contributed by atoms with Gasteiger partial charge in [-0.3, -0.25) is 0 Å². The van der Waals surface area contributed by atoms with E-state index in [0.717, 1.165) is 0 Å². The predicted octanol–water partition coefficient (Wildman–Crippen LogP) is 2.42. The molecule has 0 amide bonds. The molecular formula is C4H4F4. The maximum absolute atomic E-state index is 11.1. The minimum Gasteiger partial charge on any atom is -0.215 e. The summed E-state index contributed by atoms with van der Waals surface area (Å²) in [7, 11) is 0. The smallest absolute Gasteiger partial charge is 0.215 e. The molecule has 0 heterocycles. The fraction of sp³-hybridized carbons (Fsp3) is 0.500. The van der Waals surface area contributed by atoms with Crippen molar-refractivity contribution in [1.82, 2.24) is 0 Å². The first-order chi connectivity index (χ1) is 3.48. The average molecular weight is 128 g/mol. The van der Waals surface area contributed by atoms with Gasteiger partial charge in [-0.1, -0.05) is 0 Å². The normalized spacial score (nSPS) is 14.4. The Hall–Kier alpha value is -0.540. The minimum atomic E-state index is -4.51. The molecule has 0 atom stereocenters. The van der Waals surface area contributed by atoms with Gasteiger partial charge in [-0.25, -0.2) is 4.39 Å². The van der Waals surface area contributed by atoms with Crippen LogP contribution in [0, 0.1) is 0 Å². The summed E-state index contributed by atoms with van der Waals surface area (Å²) in [5.41, 5.74) is -1.21. The molecule has 0 rings (SSSR count). The van der Waals surface area contributed by atoms with Crippen molar-refractivity contribution in [3.05, 3.63) is 11.9 Å². The fourth-order valence-electron chi connectivity index (χ4n) is 0.0619. The Balaban J connectivity index is 4.03. The van der Waals surface area contributed by atoms with E-state index in [2.05, 4.69) is 0 Å². The van der Waals surface area contributed by atoms with Crippen LogP contribution in [0.5, 0.6) is 0 Å². The van der Waals surface area contributed by atoms with Crippen LogP contribution in [0.3, 0.4) is 0 Å². The van der Waals surface area contributed by atoms with E-state index >= 15 is 0 Å². The van der Waals surface area contributed by atoms with Crippen molar-refractivity contribution in [1.29, 1.82) is 0 Å². The molecule has 0 aromatic rings. The second-order valence-electron chi connectivity index (χ2n) is 1.29. The van der Waals surface area contributed by atoms with Gasteiger partial charge >= 0.3 is 6.18 Å². The quantitative estimate of drug-likeness (QED) is 0.439. The Morgan fingerprint density at radius 3 is 1.75 bits per heavy atom. The highest BCUT2D eigenvalue weighted by molar-refractivity contribution is 5.00. The largest absolute Gasteiger partial charge is 0.414 e. The van der Waals surface area contributed by atoms with Crippen molar-refractivity contribution in [3.63, 3.8) is 0 Å². The molecule has 48 valence electrons. The van der Waals surface area contributed by atoms with E-state index in [1.165, 1.54) is 0 Å². The third-order valence-corrected chi connectivity index (χ3v) is 0.611. The van der Waals surface area contributed by atoms with E-state index in [9.17, 15) is 17.6 Å². The molecule has 0 fully saturated rings. The van der Waals surface area contributed by atoms with Crippen LogP contribution in [0.2, 0.25) is 0 Å². The molecule has 0 N–H and O–H groups in total. The van der Waals surface area contributed by atoms with Gasteiger partial charge in [0, 0.05) is 0 Å². The number of rotatable bonds is 0. The van der Waals surface area contributed by atoms with E-state index in [0.29, 0.717) is 6.92 Å². The van der Waals surface area contributed by atoms with E-state index < -0.39 is 18.1 Å². The Kier molecular flexibility index (Phi) is 2.01. The summed E-state index contributed by atoms with van der Waals surface area (Å²) >= 11 is 0. The SMILES string of the molecule is C/C(=C\F)C(F)(F)F. The first-order valence-electron chi connectivity index (χ1n) is 1.82. The zero-order valence-corrected chi connectivity index (χ0v) is 4.09. The minimum absolute atomic E-state index is 0.458. The summed E-state index contributed by atoms with van der Waals surface area (Å²) in [5, 5.41) is 0. The molecule has 0 nitrogen and oxygen atoms in total. The van der Waals surface area contributed by atoms with Crippen LogP contribution >= 0.6 is 0 Å². The van der Waals surface area contributed by atoms with E-state index in [-0.39, 0.29) is 0 Å². The first-order valence-corrected chi connectivity index (χ1v) is 1.82. The first kappa shape index (κ1) is 7.46. The van der Waals surface area contributed by atoms with Crippen molar-refractivity contribution in [2.75, 3.05) is 0 Å². The Labute approximate surface area is 43.8 Å². The Morgan fingerprint density at radius 2 is 1.75 bits per heavy atom. The van der Waals surface area contributed by atoms with Gasteiger partial charge in [-0.15, -0.1) is 0 Å². The number of alkyl halides is 3. The van der Waals surface area contributed by atoms with Gasteiger partial charge in [-0.05, 0) is 6.92 Å². The maximum Gasteiger partial charge on any atom is 0.414 e. The number of hydrogen-bond donors (Lipinski definition) is 0. The van der Waals surface area contributed by atoms with Crippen molar-refractivity contribution < 1.29 is 17.6 Å². The summed E-state index contributed by atoms with van der Waals surface area (Å²) in [6.45, 7) is 0.667. The van der Waals surface area contributed by atoms with Gasteiger partial charge in [0.25, 0.3) is 0 Å². The molecule has 0 radical (unpaired) electrons. The van der Waals surface area contributed by atoms with Crippen LogP contribution in [-0.4, -0.2) is 6.18 Å². The van der Waals surface area contributed by atoms with E-state index in [4.69, 9.17) is 0 Å². The molecule has 0 aliphatic rings. The predicted molar refractivity (Wildman–Crippen MR) is 20.9 cm³/mol.